The van der Waals surface area contributed by atoms with Gasteiger partial charge in [-0.3, -0.25) is 9.78 Å². The first-order valence-corrected chi connectivity index (χ1v) is 10.3. The monoisotopic (exact) mass is 395 g/mol. The Bertz CT molecular complexity index is 891. The number of anilines is 2. The first-order valence-electron chi connectivity index (χ1n) is 9.47. The van der Waals surface area contributed by atoms with Gasteiger partial charge in [0.2, 0.25) is 5.91 Å². The standard InChI is InChI=1S/C14H12N4S.C7H13NO/c1-10-5-6-16-14(7-10)18-13-4-2-3-11(17-13)12-8-15-9-19-12;8-7(9)6-4-2-1-3-5-6/h2-9H,1H3,(H,16,17,18);6H,1-5H2,(H2,8,9). The highest BCUT2D eigenvalue weighted by molar-refractivity contribution is 7.13. The van der Waals surface area contributed by atoms with Crippen LogP contribution in [0.3, 0.4) is 0 Å². The van der Waals surface area contributed by atoms with Crippen LogP contribution in [-0.4, -0.2) is 20.9 Å². The molecule has 0 aliphatic heterocycles. The van der Waals surface area contributed by atoms with Crippen LogP contribution in [0.5, 0.6) is 0 Å². The summed E-state index contributed by atoms with van der Waals surface area (Å²) < 4.78 is 0. The number of carbonyl (C=O) groups excluding carboxylic acids is 1. The number of hydrogen-bond donors (Lipinski definition) is 2. The van der Waals surface area contributed by atoms with Gasteiger partial charge in [0.1, 0.15) is 11.6 Å². The van der Waals surface area contributed by atoms with Crippen molar-refractivity contribution in [3.63, 3.8) is 0 Å². The highest BCUT2D eigenvalue weighted by Gasteiger charge is 2.17. The van der Waals surface area contributed by atoms with Gasteiger partial charge >= 0.3 is 0 Å². The lowest BCUT2D eigenvalue weighted by molar-refractivity contribution is -0.122. The molecule has 3 N–H and O–H groups in total. The van der Waals surface area contributed by atoms with Gasteiger partial charge in [0.15, 0.2) is 0 Å². The lowest BCUT2D eigenvalue weighted by atomic mass is 9.89. The van der Waals surface area contributed by atoms with Crippen molar-refractivity contribution in [2.24, 2.45) is 11.7 Å². The summed E-state index contributed by atoms with van der Waals surface area (Å²) in [6.45, 7) is 2.04. The van der Waals surface area contributed by atoms with Gasteiger partial charge in [0, 0.05) is 18.3 Å². The Morgan fingerprint density at radius 3 is 2.64 bits per heavy atom. The molecular formula is C21H25N5OS. The minimum absolute atomic E-state index is 0.102. The number of hydrogen-bond acceptors (Lipinski definition) is 6. The van der Waals surface area contributed by atoms with Crippen LogP contribution in [0.1, 0.15) is 37.7 Å². The maximum Gasteiger partial charge on any atom is 0.220 e. The van der Waals surface area contributed by atoms with E-state index in [0.29, 0.717) is 0 Å². The van der Waals surface area contributed by atoms with Gasteiger partial charge in [-0.1, -0.05) is 25.3 Å². The lowest BCUT2D eigenvalue weighted by Gasteiger charge is -2.17. The fraction of sp³-hybridized carbons (Fsp3) is 0.333. The van der Waals surface area contributed by atoms with Crippen LogP contribution in [0.25, 0.3) is 10.6 Å². The lowest BCUT2D eigenvalue weighted by Crippen LogP contribution is -2.24. The van der Waals surface area contributed by atoms with Gasteiger partial charge in [-0.25, -0.2) is 9.97 Å². The Morgan fingerprint density at radius 1 is 1.18 bits per heavy atom. The van der Waals surface area contributed by atoms with Gasteiger partial charge in [-0.2, -0.15) is 0 Å². The predicted octanol–water partition coefficient (Wildman–Crippen LogP) is 4.70. The molecule has 0 bridgehead atoms. The normalized spacial score (nSPS) is 14.0. The number of nitrogens with two attached hydrogens (primary N) is 1. The Hall–Kier alpha value is -2.80. The second-order valence-corrected chi connectivity index (χ2v) is 7.74. The van der Waals surface area contributed by atoms with Crippen LogP contribution in [0.4, 0.5) is 11.6 Å². The van der Waals surface area contributed by atoms with Crippen LogP contribution >= 0.6 is 11.3 Å². The molecule has 6 nitrogen and oxygen atoms in total. The molecular weight excluding hydrogens is 370 g/mol. The van der Waals surface area contributed by atoms with Gasteiger partial charge in [-0.05, 0) is 49.6 Å². The molecule has 1 fully saturated rings. The molecule has 3 aromatic rings. The molecule has 0 aromatic carbocycles. The summed E-state index contributed by atoms with van der Waals surface area (Å²) >= 11 is 1.58. The summed E-state index contributed by atoms with van der Waals surface area (Å²) in [5.74, 6) is 1.67. The summed E-state index contributed by atoms with van der Waals surface area (Å²) in [4.78, 5) is 24.5. The Balaban J connectivity index is 0.000000211. The van der Waals surface area contributed by atoms with Crippen molar-refractivity contribution in [1.29, 1.82) is 0 Å². The Labute approximate surface area is 169 Å². The van der Waals surface area contributed by atoms with Crippen molar-refractivity contribution in [2.75, 3.05) is 5.32 Å². The van der Waals surface area contributed by atoms with Crippen molar-refractivity contribution < 1.29 is 4.79 Å². The summed E-state index contributed by atoms with van der Waals surface area (Å²) in [6, 6.07) is 9.82. The molecule has 3 heterocycles. The van der Waals surface area contributed by atoms with Crippen LogP contribution < -0.4 is 11.1 Å². The number of amides is 1. The number of nitrogens with zero attached hydrogens (tertiary/aromatic N) is 3. The number of rotatable bonds is 4. The van der Waals surface area contributed by atoms with E-state index in [-0.39, 0.29) is 11.8 Å². The van der Waals surface area contributed by atoms with Crippen molar-refractivity contribution >= 4 is 28.9 Å². The SMILES string of the molecule is Cc1ccnc(Nc2cccc(-c3cncs3)n2)c1.NC(=O)C1CCCCC1. The summed E-state index contributed by atoms with van der Waals surface area (Å²) in [6.07, 6.45) is 9.31. The van der Waals surface area contributed by atoms with E-state index < -0.39 is 0 Å². The molecule has 0 saturated heterocycles. The number of aromatic nitrogens is 3. The number of thiazole rings is 1. The van der Waals surface area contributed by atoms with E-state index in [0.717, 1.165) is 40.6 Å². The fourth-order valence-electron chi connectivity index (χ4n) is 3.11. The molecule has 1 aliphatic rings. The molecule has 0 radical (unpaired) electrons. The van der Waals surface area contributed by atoms with E-state index in [2.05, 4.69) is 20.3 Å². The first-order chi connectivity index (χ1) is 13.6. The largest absolute Gasteiger partial charge is 0.369 e. The number of pyridine rings is 2. The summed E-state index contributed by atoms with van der Waals surface area (Å²) in [7, 11) is 0. The number of carbonyl (C=O) groups is 1. The van der Waals surface area contributed by atoms with Crippen molar-refractivity contribution in [3.05, 3.63) is 53.8 Å². The van der Waals surface area contributed by atoms with Gasteiger partial charge in [0.05, 0.1) is 16.1 Å². The average molecular weight is 396 g/mol. The third kappa shape index (κ3) is 5.85. The zero-order chi connectivity index (χ0) is 19.8. The molecule has 1 saturated carbocycles. The van der Waals surface area contributed by atoms with Gasteiger partial charge in [-0.15, -0.1) is 11.3 Å². The van der Waals surface area contributed by atoms with Crippen molar-refractivity contribution in [2.45, 2.75) is 39.0 Å². The third-order valence-corrected chi connectivity index (χ3v) is 5.41. The minimum atomic E-state index is -0.102. The molecule has 0 atom stereocenters. The zero-order valence-corrected chi connectivity index (χ0v) is 16.8. The molecule has 0 spiro atoms. The van der Waals surface area contributed by atoms with Crippen LogP contribution in [0.15, 0.2) is 48.2 Å². The highest BCUT2D eigenvalue weighted by atomic mass is 32.1. The molecule has 28 heavy (non-hydrogen) atoms. The minimum Gasteiger partial charge on any atom is -0.369 e. The Morgan fingerprint density at radius 2 is 2.00 bits per heavy atom. The fourth-order valence-corrected chi connectivity index (χ4v) is 3.70. The van der Waals surface area contributed by atoms with Crippen molar-refractivity contribution in [1.82, 2.24) is 15.0 Å². The van der Waals surface area contributed by atoms with E-state index in [4.69, 9.17) is 5.73 Å². The summed E-state index contributed by atoms with van der Waals surface area (Å²) in [5.41, 5.74) is 9.01. The zero-order valence-electron chi connectivity index (χ0n) is 16.0. The van der Waals surface area contributed by atoms with Crippen LogP contribution in [0, 0.1) is 12.8 Å². The van der Waals surface area contributed by atoms with Crippen molar-refractivity contribution in [3.8, 4) is 10.6 Å². The number of nitrogens with one attached hydrogen (secondary N) is 1. The molecule has 3 aromatic heterocycles. The van der Waals surface area contributed by atoms with E-state index in [9.17, 15) is 4.79 Å². The highest BCUT2D eigenvalue weighted by Crippen LogP contribution is 2.24. The number of primary amides is 1. The maximum atomic E-state index is 10.6. The molecule has 7 heteroatoms. The van der Waals surface area contributed by atoms with Gasteiger partial charge < -0.3 is 11.1 Å². The average Bonchev–Trinajstić information content (AvgIpc) is 3.24. The Kier molecular flexibility index (Phi) is 7.08. The van der Waals surface area contributed by atoms with Crippen LogP contribution in [0.2, 0.25) is 0 Å². The maximum absolute atomic E-state index is 10.6. The molecule has 0 unspecified atom stereocenters. The number of aryl methyl sites for hydroxylation is 1. The van der Waals surface area contributed by atoms with E-state index in [1.165, 1.54) is 19.3 Å². The molecule has 146 valence electrons. The quantitative estimate of drug-likeness (QED) is 0.667. The summed E-state index contributed by atoms with van der Waals surface area (Å²) in [5, 5.41) is 3.21. The third-order valence-electron chi connectivity index (χ3n) is 4.61. The molecule has 4 rings (SSSR count). The predicted molar refractivity (Wildman–Crippen MR) is 113 cm³/mol. The smallest absolute Gasteiger partial charge is 0.220 e. The van der Waals surface area contributed by atoms with E-state index in [1.807, 2.05) is 43.5 Å². The second kappa shape index (κ2) is 9.94. The first kappa shape index (κ1) is 19.9. The molecule has 1 aliphatic carbocycles. The second-order valence-electron chi connectivity index (χ2n) is 6.85. The van der Waals surface area contributed by atoms with Gasteiger partial charge in [0.25, 0.3) is 0 Å². The topological polar surface area (TPSA) is 93.8 Å². The van der Waals surface area contributed by atoms with E-state index in [1.54, 1.807) is 23.0 Å². The molecule has 1 amide bonds. The van der Waals surface area contributed by atoms with E-state index >= 15 is 0 Å². The van der Waals surface area contributed by atoms with Crippen LogP contribution in [-0.2, 0) is 4.79 Å².